The molecule has 0 aliphatic carbocycles. The zero-order chi connectivity index (χ0) is 14.5. The molecule has 6 nitrogen and oxygen atoms in total. The highest BCUT2D eigenvalue weighted by Crippen LogP contribution is 2.14. The number of phenolic OH excluding ortho intramolecular Hbond substituents is 1. The molecule has 6 heteroatoms. The third-order valence-corrected chi connectivity index (χ3v) is 3.21. The molecule has 108 valence electrons. The van der Waals surface area contributed by atoms with Crippen LogP contribution in [-0.4, -0.2) is 40.8 Å². The van der Waals surface area contributed by atoms with Crippen LogP contribution in [0.4, 0.5) is 0 Å². The first-order chi connectivity index (χ1) is 9.56. The number of rotatable bonds is 5. The van der Waals surface area contributed by atoms with Gasteiger partial charge in [-0.05, 0) is 30.5 Å². The zero-order valence-corrected chi connectivity index (χ0v) is 10.9. The van der Waals surface area contributed by atoms with Gasteiger partial charge in [-0.15, -0.1) is 0 Å². The standard InChI is InChI=1S/C14H17NO5/c16-10-5-3-9(4-6-10)8-11(14(18)19)15-13(17)12-2-1-7-20-12/h3-6,11-12,16H,1-2,7-8H2,(H,15,17)(H,18,19). The molecular weight excluding hydrogens is 262 g/mol. The van der Waals surface area contributed by atoms with Crippen LogP contribution < -0.4 is 5.32 Å². The summed E-state index contributed by atoms with van der Waals surface area (Å²) in [5.74, 6) is -1.36. The molecule has 3 N–H and O–H groups in total. The van der Waals surface area contributed by atoms with Crippen molar-refractivity contribution in [3.8, 4) is 5.75 Å². The Morgan fingerprint density at radius 3 is 2.60 bits per heavy atom. The van der Waals surface area contributed by atoms with E-state index in [4.69, 9.17) is 4.74 Å². The lowest BCUT2D eigenvalue weighted by atomic mass is 10.1. The predicted molar refractivity (Wildman–Crippen MR) is 70.4 cm³/mol. The first kappa shape index (κ1) is 14.3. The number of ether oxygens (including phenoxy) is 1. The van der Waals surface area contributed by atoms with Crippen LogP contribution in [-0.2, 0) is 20.7 Å². The number of carbonyl (C=O) groups is 2. The van der Waals surface area contributed by atoms with Crippen molar-refractivity contribution in [1.29, 1.82) is 0 Å². The number of aromatic hydroxyl groups is 1. The molecular formula is C14H17NO5. The van der Waals surface area contributed by atoms with Crippen molar-refractivity contribution in [2.75, 3.05) is 6.61 Å². The van der Waals surface area contributed by atoms with Gasteiger partial charge in [0.05, 0.1) is 0 Å². The molecule has 1 heterocycles. The molecule has 1 fully saturated rings. The molecule has 1 aliphatic heterocycles. The Bertz CT molecular complexity index is 479. The van der Waals surface area contributed by atoms with Crippen LogP contribution in [0.15, 0.2) is 24.3 Å². The van der Waals surface area contributed by atoms with Crippen LogP contribution in [0.1, 0.15) is 18.4 Å². The summed E-state index contributed by atoms with van der Waals surface area (Å²) in [5.41, 5.74) is 0.725. The number of carboxylic acid groups (broad SMARTS) is 1. The van der Waals surface area contributed by atoms with Gasteiger partial charge in [-0.1, -0.05) is 12.1 Å². The van der Waals surface area contributed by atoms with E-state index in [0.29, 0.717) is 13.0 Å². The number of carboxylic acids is 1. The summed E-state index contributed by atoms with van der Waals surface area (Å²) in [6.07, 6.45) is 1.05. The summed E-state index contributed by atoms with van der Waals surface area (Å²) < 4.78 is 5.22. The minimum Gasteiger partial charge on any atom is -0.508 e. The molecule has 0 bridgehead atoms. The van der Waals surface area contributed by atoms with Crippen molar-refractivity contribution < 1.29 is 24.5 Å². The Morgan fingerprint density at radius 1 is 1.35 bits per heavy atom. The van der Waals surface area contributed by atoms with E-state index in [-0.39, 0.29) is 18.1 Å². The van der Waals surface area contributed by atoms with E-state index in [9.17, 15) is 19.8 Å². The van der Waals surface area contributed by atoms with E-state index in [1.165, 1.54) is 12.1 Å². The Morgan fingerprint density at radius 2 is 2.05 bits per heavy atom. The molecule has 0 aromatic heterocycles. The normalized spacial score (nSPS) is 19.5. The number of aliphatic carboxylic acids is 1. The maximum absolute atomic E-state index is 11.9. The van der Waals surface area contributed by atoms with Crippen LogP contribution in [0.3, 0.4) is 0 Å². The van der Waals surface area contributed by atoms with Gasteiger partial charge in [0.25, 0.3) is 0 Å². The van der Waals surface area contributed by atoms with Gasteiger partial charge in [0.15, 0.2) is 0 Å². The second-order valence-corrected chi connectivity index (χ2v) is 4.77. The maximum atomic E-state index is 11.9. The number of amides is 1. The Hall–Kier alpha value is -2.08. The zero-order valence-electron chi connectivity index (χ0n) is 10.9. The lowest BCUT2D eigenvalue weighted by Crippen LogP contribution is -2.46. The maximum Gasteiger partial charge on any atom is 0.326 e. The Kier molecular flexibility index (Phi) is 4.57. The second-order valence-electron chi connectivity index (χ2n) is 4.77. The topological polar surface area (TPSA) is 95.9 Å². The molecule has 2 unspecified atom stereocenters. The minimum absolute atomic E-state index is 0.115. The number of hydrogen-bond acceptors (Lipinski definition) is 4. The van der Waals surface area contributed by atoms with E-state index in [0.717, 1.165) is 12.0 Å². The fraction of sp³-hybridized carbons (Fsp3) is 0.429. The number of nitrogens with one attached hydrogen (secondary N) is 1. The number of benzene rings is 1. The van der Waals surface area contributed by atoms with Crippen LogP contribution >= 0.6 is 0 Å². The molecule has 2 rings (SSSR count). The molecule has 2 atom stereocenters. The van der Waals surface area contributed by atoms with Crippen LogP contribution in [0.2, 0.25) is 0 Å². The van der Waals surface area contributed by atoms with E-state index in [1.54, 1.807) is 12.1 Å². The van der Waals surface area contributed by atoms with Gasteiger partial charge in [-0.25, -0.2) is 4.79 Å². The van der Waals surface area contributed by atoms with E-state index >= 15 is 0 Å². The number of carbonyl (C=O) groups excluding carboxylic acids is 1. The lowest BCUT2D eigenvalue weighted by molar-refractivity contribution is -0.143. The fourth-order valence-corrected chi connectivity index (χ4v) is 2.12. The molecule has 1 aliphatic rings. The minimum atomic E-state index is -1.09. The monoisotopic (exact) mass is 279 g/mol. The van der Waals surface area contributed by atoms with Crippen LogP contribution in [0.25, 0.3) is 0 Å². The van der Waals surface area contributed by atoms with Crippen molar-refractivity contribution in [3.63, 3.8) is 0 Å². The third-order valence-electron chi connectivity index (χ3n) is 3.21. The van der Waals surface area contributed by atoms with Gasteiger partial charge in [-0.2, -0.15) is 0 Å². The van der Waals surface area contributed by atoms with E-state index in [1.807, 2.05) is 0 Å². The van der Waals surface area contributed by atoms with Gasteiger partial charge >= 0.3 is 5.97 Å². The van der Waals surface area contributed by atoms with Gasteiger partial charge in [0.2, 0.25) is 5.91 Å². The fourth-order valence-electron chi connectivity index (χ4n) is 2.12. The number of hydrogen-bond donors (Lipinski definition) is 3. The van der Waals surface area contributed by atoms with Crippen LogP contribution in [0, 0.1) is 0 Å². The summed E-state index contributed by atoms with van der Waals surface area (Å²) >= 11 is 0. The highest BCUT2D eigenvalue weighted by atomic mass is 16.5. The first-order valence-corrected chi connectivity index (χ1v) is 6.49. The van der Waals surface area contributed by atoms with Gasteiger partial charge in [-0.3, -0.25) is 4.79 Å². The van der Waals surface area contributed by atoms with Crippen molar-refractivity contribution in [3.05, 3.63) is 29.8 Å². The lowest BCUT2D eigenvalue weighted by Gasteiger charge is -2.17. The van der Waals surface area contributed by atoms with Crippen molar-refractivity contribution >= 4 is 11.9 Å². The van der Waals surface area contributed by atoms with Gasteiger partial charge in [0.1, 0.15) is 17.9 Å². The Balaban J connectivity index is 1.98. The average Bonchev–Trinajstić information content (AvgIpc) is 2.94. The van der Waals surface area contributed by atoms with Crippen molar-refractivity contribution in [2.24, 2.45) is 0 Å². The smallest absolute Gasteiger partial charge is 0.326 e. The Labute approximate surface area is 116 Å². The molecule has 1 saturated heterocycles. The van der Waals surface area contributed by atoms with Crippen molar-refractivity contribution in [2.45, 2.75) is 31.4 Å². The molecule has 1 aromatic carbocycles. The summed E-state index contributed by atoms with van der Waals surface area (Å²) in [6, 6.07) is 5.22. The molecule has 0 saturated carbocycles. The largest absolute Gasteiger partial charge is 0.508 e. The molecule has 1 amide bonds. The molecule has 0 radical (unpaired) electrons. The average molecular weight is 279 g/mol. The van der Waals surface area contributed by atoms with Crippen LogP contribution in [0.5, 0.6) is 5.75 Å². The summed E-state index contributed by atoms with van der Waals surface area (Å²) in [6.45, 7) is 0.536. The summed E-state index contributed by atoms with van der Waals surface area (Å²) in [7, 11) is 0. The second kappa shape index (κ2) is 6.38. The van der Waals surface area contributed by atoms with E-state index in [2.05, 4.69) is 5.32 Å². The van der Waals surface area contributed by atoms with Crippen molar-refractivity contribution in [1.82, 2.24) is 5.32 Å². The predicted octanol–water partition coefficient (Wildman–Crippen LogP) is 0.683. The molecule has 20 heavy (non-hydrogen) atoms. The SMILES string of the molecule is O=C(O)C(Cc1ccc(O)cc1)NC(=O)C1CCCO1. The highest BCUT2D eigenvalue weighted by molar-refractivity contribution is 5.86. The summed E-state index contributed by atoms with van der Waals surface area (Å²) in [5, 5.41) is 20.9. The van der Waals surface area contributed by atoms with Gasteiger partial charge in [0, 0.05) is 13.0 Å². The highest BCUT2D eigenvalue weighted by Gasteiger charge is 2.28. The number of phenols is 1. The quantitative estimate of drug-likeness (QED) is 0.736. The molecule has 1 aromatic rings. The third kappa shape index (κ3) is 3.71. The van der Waals surface area contributed by atoms with E-state index < -0.39 is 18.1 Å². The van der Waals surface area contributed by atoms with Gasteiger partial charge < -0.3 is 20.3 Å². The summed E-state index contributed by atoms with van der Waals surface area (Å²) in [4.78, 5) is 23.1. The first-order valence-electron chi connectivity index (χ1n) is 6.49. The molecule has 0 spiro atoms.